The van der Waals surface area contributed by atoms with Crippen molar-refractivity contribution in [3.63, 3.8) is 0 Å². The summed E-state index contributed by atoms with van der Waals surface area (Å²) in [6.45, 7) is 2.32. The number of ether oxygens (including phenoxy) is 2. The molecule has 0 unspecified atom stereocenters. The lowest BCUT2D eigenvalue weighted by molar-refractivity contribution is 0.0996. The number of carbonyl (C=O) groups is 2. The molecule has 1 aromatic carbocycles. The number of hydrogen-bond acceptors (Lipinski definition) is 8. The Hall–Kier alpha value is -3.60. The molecule has 178 valence electrons. The standard InChI is InChI=1S/C22H31N7O4/c1-28(2)22(31)26-16-5-4-10-29(14-16)18-13-24-19(20(23)30)21(27-18)25-15-6-8-17(9-7-15)33-12-11-32-3/h6-9,13,16H,4-5,10-12,14H2,1-3H3,(H2,23,30)(H,25,27)(H,26,31)/t16-/m1/s1. The SMILES string of the molecule is COCCOc1ccc(Nc2nc(N3CCC[C@@H](NC(=O)N(C)C)C3)cnc2C(N)=O)cc1. The summed E-state index contributed by atoms with van der Waals surface area (Å²) in [5.74, 6) is 0.899. The van der Waals surface area contributed by atoms with Crippen LogP contribution in [0.25, 0.3) is 0 Å². The number of methoxy groups -OCH3 is 1. The second-order valence-electron chi connectivity index (χ2n) is 7.91. The van der Waals surface area contributed by atoms with E-state index < -0.39 is 5.91 Å². The van der Waals surface area contributed by atoms with Crippen LogP contribution in [-0.4, -0.2) is 80.4 Å². The van der Waals surface area contributed by atoms with Gasteiger partial charge in [-0.2, -0.15) is 0 Å². The maximum atomic E-state index is 12.0. The highest BCUT2D eigenvalue weighted by Crippen LogP contribution is 2.24. The molecule has 0 bridgehead atoms. The number of nitrogens with zero attached hydrogens (tertiary/aromatic N) is 4. The lowest BCUT2D eigenvalue weighted by atomic mass is 10.1. The van der Waals surface area contributed by atoms with E-state index in [1.807, 2.05) is 29.2 Å². The van der Waals surface area contributed by atoms with Crippen LogP contribution in [-0.2, 0) is 4.74 Å². The second kappa shape index (κ2) is 11.3. The van der Waals surface area contributed by atoms with Crippen molar-refractivity contribution < 1.29 is 19.1 Å². The van der Waals surface area contributed by atoms with Gasteiger partial charge in [-0.25, -0.2) is 14.8 Å². The van der Waals surface area contributed by atoms with Gasteiger partial charge in [-0.05, 0) is 37.1 Å². The summed E-state index contributed by atoms with van der Waals surface area (Å²) in [5, 5.41) is 6.14. The van der Waals surface area contributed by atoms with Crippen LogP contribution in [0.2, 0.25) is 0 Å². The fourth-order valence-electron chi connectivity index (χ4n) is 3.42. The molecule has 1 saturated heterocycles. The number of primary amides is 1. The smallest absolute Gasteiger partial charge is 0.317 e. The van der Waals surface area contributed by atoms with Gasteiger partial charge in [0.1, 0.15) is 18.2 Å². The third kappa shape index (κ3) is 6.69. The molecule has 0 aliphatic carbocycles. The quantitative estimate of drug-likeness (QED) is 0.483. The summed E-state index contributed by atoms with van der Waals surface area (Å²) >= 11 is 0. The van der Waals surface area contributed by atoms with E-state index in [9.17, 15) is 9.59 Å². The molecule has 3 rings (SSSR count). The van der Waals surface area contributed by atoms with Gasteiger partial charge in [0.05, 0.1) is 12.8 Å². The van der Waals surface area contributed by atoms with Gasteiger partial charge in [-0.3, -0.25) is 4.79 Å². The van der Waals surface area contributed by atoms with E-state index in [4.69, 9.17) is 15.2 Å². The highest BCUT2D eigenvalue weighted by molar-refractivity contribution is 5.96. The van der Waals surface area contributed by atoms with Crippen molar-refractivity contribution in [3.05, 3.63) is 36.2 Å². The summed E-state index contributed by atoms with van der Waals surface area (Å²) in [7, 11) is 5.03. The maximum Gasteiger partial charge on any atom is 0.317 e. The zero-order chi connectivity index (χ0) is 23.8. The number of hydrogen-bond donors (Lipinski definition) is 3. The molecule has 11 nitrogen and oxygen atoms in total. The maximum absolute atomic E-state index is 12.0. The molecule has 0 radical (unpaired) electrons. The Balaban J connectivity index is 1.74. The minimum atomic E-state index is -0.675. The first-order chi connectivity index (χ1) is 15.9. The average molecular weight is 458 g/mol. The number of rotatable bonds is 9. The topological polar surface area (TPSA) is 135 Å². The number of piperidine rings is 1. The van der Waals surface area contributed by atoms with Gasteiger partial charge in [-0.15, -0.1) is 0 Å². The molecular formula is C22H31N7O4. The van der Waals surface area contributed by atoms with E-state index in [1.54, 1.807) is 21.2 Å². The molecule has 0 spiro atoms. The average Bonchev–Trinajstić information content (AvgIpc) is 2.80. The van der Waals surface area contributed by atoms with Gasteiger partial charge in [-0.1, -0.05) is 0 Å². The summed E-state index contributed by atoms with van der Waals surface area (Å²) in [6.07, 6.45) is 3.31. The van der Waals surface area contributed by atoms with Crippen LogP contribution in [0.4, 0.5) is 22.1 Å². The molecule has 11 heteroatoms. The van der Waals surface area contributed by atoms with Gasteiger partial charge in [0.25, 0.3) is 5.91 Å². The van der Waals surface area contributed by atoms with E-state index in [0.29, 0.717) is 37.0 Å². The predicted octanol–water partition coefficient (Wildman–Crippen LogP) is 1.58. The van der Waals surface area contributed by atoms with Crippen molar-refractivity contribution in [2.24, 2.45) is 5.73 Å². The first-order valence-electron chi connectivity index (χ1n) is 10.8. The Kier molecular flexibility index (Phi) is 8.25. The largest absolute Gasteiger partial charge is 0.491 e. The van der Waals surface area contributed by atoms with Crippen LogP contribution in [0.3, 0.4) is 0 Å². The monoisotopic (exact) mass is 457 g/mol. The minimum absolute atomic E-state index is 0.00618. The van der Waals surface area contributed by atoms with Crippen LogP contribution in [0.15, 0.2) is 30.5 Å². The number of aromatic nitrogens is 2. The molecule has 1 atom stereocenters. The van der Waals surface area contributed by atoms with Gasteiger partial charge >= 0.3 is 6.03 Å². The van der Waals surface area contributed by atoms with Crippen LogP contribution < -0.4 is 26.0 Å². The van der Waals surface area contributed by atoms with E-state index in [-0.39, 0.29) is 23.6 Å². The molecule has 4 N–H and O–H groups in total. The molecule has 1 aliphatic rings. The van der Waals surface area contributed by atoms with Crippen molar-refractivity contribution >= 4 is 29.3 Å². The van der Waals surface area contributed by atoms with Gasteiger partial charge in [0, 0.05) is 46.0 Å². The summed E-state index contributed by atoms with van der Waals surface area (Å²) in [5.41, 5.74) is 6.27. The lowest BCUT2D eigenvalue weighted by Gasteiger charge is -2.34. The van der Waals surface area contributed by atoms with Crippen molar-refractivity contribution in [1.29, 1.82) is 0 Å². The van der Waals surface area contributed by atoms with Crippen molar-refractivity contribution in [2.75, 3.05) is 57.7 Å². The minimum Gasteiger partial charge on any atom is -0.491 e. The number of nitrogens with two attached hydrogens (primary N) is 1. The predicted molar refractivity (Wildman–Crippen MR) is 125 cm³/mol. The van der Waals surface area contributed by atoms with Crippen molar-refractivity contribution in [2.45, 2.75) is 18.9 Å². The van der Waals surface area contributed by atoms with E-state index in [2.05, 4.69) is 20.6 Å². The Morgan fingerprint density at radius 1 is 1.24 bits per heavy atom. The van der Waals surface area contributed by atoms with Crippen LogP contribution in [0.1, 0.15) is 23.3 Å². The molecular weight excluding hydrogens is 426 g/mol. The van der Waals surface area contributed by atoms with E-state index >= 15 is 0 Å². The number of urea groups is 1. The Morgan fingerprint density at radius 2 is 2.00 bits per heavy atom. The molecule has 2 heterocycles. The lowest BCUT2D eigenvalue weighted by Crippen LogP contribution is -2.50. The first-order valence-corrected chi connectivity index (χ1v) is 10.8. The van der Waals surface area contributed by atoms with Gasteiger partial charge < -0.3 is 35.6 Å². The first kappa shape index (κ1) is 24.1. The number of benzene rings is 1. The molecule has 0 saturated carbocycles. The number of carbonyl (C=O) groups excluding carboxylic acids is 2. The summed E-state index contributed by atoms with van der Waals surface area (Å²) in [6, 6.07) is 7.11. The van der Waals surface area contributed by atoms with Crippen LogP contribution in [0.5, 0.6) is 5.75 Å². The second-order valence-corrected chi connectivity index (χ2v) is 7.91. The molecule has 1 aliphatic heterocycles. The third-order valence-corrected chi connectivity index (χ3v) is 5.15. The number of anilines is 3. The third-order valence-electron chi connectivity index (χ3n) is 5.15. The molecule has 33 heavy (non-hydrogen) atoms. The van der Waals surface area contributed by atoms with Gasteiger partial charge in [0.15, 0.2) is 11.5 Å². The normalized spacial score (nSPS) is 15.6. The van der Waals surface area contributed by atoms with Crippen molar-refractivity contribution in [3.8, 4) is 5.75 Å². The van der Waals surface area contributed by atoms with Crippen LogP contribution >= 0.6 is 0 Å². The Bertz CT molecular complexity index is 952. The molecule has 2 aromatic rings. The Labute approximate surface area is 193 Å². The fourth-order valence-corrected chi connectivity index (χ4v) is 3.42. The fraction of sp³-hybridized carbons (Fsp3) is 0.455. The Morgan fingerprint density at radius 3 is 2.67 bits per heavy atom. The molecule has 1 aromatic heterocycles. The highest BCUT2D eigenvalue weighted by atomic mass is 16.5. The highest BCUT2D eigenvalue weighted by Gasteiger charge is 2.24. The zero-order valence-electron chi connectivity index (χ0n) is 19.2. The molecule has 1 fully saturated rings. The number of amides is 3. The van der Waals surface area contributed by atoms with Crippen LogP contribution in [0, 0.1) is 0 Å². The van der Waals surface area contributed by atoms with E-state index in [0.717, 1.165) is 19.4 Å². The molecule has 3 amide bonds. The van der Waals surface area contributed by atoms with Crippen molar-refractivity contribution in [1.82, 2.24) is 20.2 Å². The van der Waals surface area contributed by atoms with Gasteiger partial charge in [0.2, 0.25) is 0 Å². The van der Waals surface area contributed by atoms with E-state index in [1.165, 1.54) is 11.1 Å². The zero-order valence-corrected chi connectivity index (χ0v) is 19.2. The summed E-state index contributed by atoms with van der Waals surface area (Å²) < 4.78 is 10.5. The summed E-state index contributed by atoms with van der Waals surface area (Å²) in [4.78, 5) is 36.4. The number of nitrogens with one attached hydrogen (secondary N) is 2.